The predicted octanol–water partition coefficient (Wildman–Crippen LogP) is 3.24. The smallest absolute Gasteiger partial charge is 0.265 e. The maximum absolute atomic E-state index is 12.9. The van der Waals surface area contributed by atoms with E-state index < -0.39 is 0 Å². The SMILES string of the molecule is Cc1cc(CN2CCOCC2)cc(CN2C(=O)COc3ccc(C=C4SC(=S)NC4=O)cc32)c1. The second kappa shape index (κ2) is 9.87. The lowest BCUT2D eigenvalue weighted by Crippen LogP contribution is -2.38. The number of thiocarbonyl (C=S) groups is 1. The zero-order chi connectivity index (χ0) is 23.7. The van der Waals surface area contributed by atoms with Gasteiger partial charge in [-0.25, -0.2) is 0 Å². The number of rotatable bonds is 5. The number of benzene rings is 2. The molecule has 5 rings (SSSR count). The minimum absolute atomic E-state index is 0.00636. The van der Waals surface area contributed by atoms with Crippen molar-refractivity contribution >= 4 is 51.9 Å². The summed E-state index contributed by atoms with van der Waals surface area (Å²) in [7, 11) is 0. The normalized spacial score (nSPS) is 19.9. The number of thioether (sulfide) groups is 1. The van der Waals surface area contributed by atoms with Gasteiger partial charge in [-0.15, -0.1) is 0 Å². The molecule has 3 heterocycles. The highest BCUT2D eigenvalue weighted by atomic mass is 32.2. The molecular formula is C25H25N3O4S2. The van der Waals surface area contributed by atoms with Gasteiger partial charge in [0.25, 0.3) is 11.8 Å². The van der Waals surface area contributed by atoms with Crippen LogP contribution < -0.4 is 15.0 Å². The van der Waals surface area contributed by atoms with Gasteiger partial charge >= 0.3 is 0 Å². The molecule has 0 bridgehead atoms. The number of hydrogen-bond donors (Lipinski definition) is 1. The lowest BCUT2D eigenvalue weighted by molar-refractivity contribution is -0.121. The molecule has 2 amide bonds. The fraction of sp³-hybridized carbons (Fsp3) is 0.320. The number of ether oxygens (including phenoxy) is 2. The van der Waals surface area contributed by atoms with Crippen LogP contribution in [0.2, 0.25) is 0 Å². The Hall–Kier alpha value is -2.72. The van der Waals surface area contributed by atoms with E-state index in [2.05, 4.69) is 35.3 Å². The summed E-state index contributed by atoms with van der Waals surface area (Å²) in [6.07, 6.45) is 1.78. The summed E-state index contributed by atoms with van der Waals surface area (Å²) >= 11 is 6.31. The molecule has 176 valence electrons. The van der Waals surface area contributed by atoms with Crippen molar-refractivity contribution < 1.29 is 19.1 Å². The van der Waals surface area contributed by atoms with E-state index in [0.29, 0.717) is 27.2 Å². The zero-order valence-electron chi connectivity index (χ0n) is 18.8. The molecule has 34 heavy (non-hydrogen) atoms. The van der Waals surface area contributed by atoms with Crippen LogP contribution in [0.3, 0.4) is 0 Å². The molecule has 0 aromatic heterocycles. The van der Waals surface area contributed by atoms with E-state index in [-0.39, 0.29) is 18.4 Å². The fourth-order valence-electron chi connectivity index (χ4n) is 4.39. The molecule has 0 unspecified atom stereocenters. The number of aryl methyl sites for hydroxylation is 1. The number of carbonyl (C=O) groups is 2. The van der Waals surface area contributed by atoms with Gasteiger partial charge in [-0.3, -0.25) is 14.5 Å². The Morgan fingerprint density at radius 2 is 1.85 bits per heavy atom. The standard InChI is InChI=1S/C25H25N3O4S2/c1-16-8-18(13-27-4-6-31-7-5-27)10-19(9-16)14-28-20-11-17(2-3-21(20)32-15-23(28)29)12-22-24(30)26-25(33)34-22/h2-3,8-12H,4-7,13-15H2,1H3,(H,26,30,33). The topological polar surface area (TPSA) is 71.1 Å². The summed E-state index contributed by atoms with van der Waals surface area (Å²) in [6.45, 7) is 6.80. The summed E-state index contributed by atoms with van der Waals surface area (Å²) in [6, 6.07) is 12.1. The average molecular weight is 496 g/mol. The van der Waals surface area contributed by atoms with E-state index in [0.717, 1.165) is 44.0 Å². The Labute approximate surface area is 208 Å². The summed E-state index contributed by atoms with van der Waals surface area (Å²) in [5.41, 5.74) is 4.98. The van der Waals surface area contributed by atoms with Crippen LogP contribution in [0.25, 0.3) is 6.08 Å². The maximum Gasteiger partial charge on any atom is 0.265 e. The van der Waals surface area contributed by atoms with E-state index in [9.17, 15) is 9.59 Å². The first kappa shape index (κ1) is 23.0. The molecule has 0 saturated carbocycles. The van der Waals surface area contributed by atoms with Gasteiger partial charge in [0.1, 0.15) is 10.1 Å². The van der Waals surface area contributed by atoms with Crippen molar-refractivity contribution in [3.05, 3.63) is 63.6 Å². The van der Waals surface area contributed by atoms with Crippen molar-refractivity contribution in [1.29, 1.82) is 0 Å². The average Bonchev–Trinajstić information content (AvgIpc) is 3.12. The van der Waals surface area contributed by atoms with Crippen LogP contribution in [0.5, 0.6) is 5.75 Å². The number of carbonyl (C=O) groups excluding carboxylic acids is 2. The second-order valence-corrected chi connectivity index (χ2v) is 10.3. The minimum Gasteiger partial charge on any atom is -0.482 e. The van der Waals surface area contributed by atoms with Crippen LogP contribution in [0.4, 0.5) is 5.69 Å². The highest BCUT2D eigenvalue weighted by molar-refractivity contribution is 8.26. The van der Waals surface area contributed by atoms with Crippen LogP contribution in [-0.4, -0.2) is 53.9 Å². The first-order valence-electron chi connectivity index (χ1n) is 11.2. The van der Waals surface area contributed by atoms with Crippen molar-refractivity contribution in [1.82, 2.24) is 10.2 Å². The molecule has 0 spiro atoms. The number of hydrogen-bond acceptors (Lipinski definition) is 7. The van der Waals surface area contributed by atoms with Crippen LogP contribution >= 0.6 is 24.0 Å². The van der Waals surface area contributed by atoms with Crippen molar-refractivity contribution in [2.24, 2.45) is 0 Å². The third-order valence-corrected chi connectivity index (χ3v) is 7.08. The summed E-state index contributed by atoms with van der Waals surface area (Å²) in [4.78, 5) is 29.6. The molecule has 3 aliphatic rings. The second-order valence-electron chi connectivity index (χ2n) is 8.56. The van der Waals surface area contributed by atoms with Gasteiger partial charge in [0.05, 0.1) is 30.4 Å². The lowest BCUT2D eigenvalue weighted by atomic mass is 10.0. The van der Waals surface area contributed by atoms with Crippen LogP contribution in [0.15, 0.2) is 41.3 Å². The summed E-state index contributed by atoms with van der Waals surface area (Å²) in [5.74, 6) is 0.356. The van der Waals surface area contributed by atoms with E-state index in [1.54, 1.807) is 11.0 Å². The monoisotopic (exact) mass is 495 g/mol. The fourth-order valence-corrected chi connectivity index (χ4v) is 5.43. The van der Waals surface area contributed by atoms with E-state index in [1.807, 2.05) is 18.2 Å². The molecule has 2 saturated heterocycles. The number of fused-ring (bicyclic) bond motifs is 1. The molecule has 2 aromatic carbocycles. The molecule has 2 aromatic rings. The Morgan fingerprint density at radius 3 is 2.59 bits per heavy atom. The number of nitrogens with zero attached hydrogens (tertiary/aromatic N) is 2. The predicted molar refractivity (Wildman–Crippen MR) is 137 cm³/mol. The van der Waals surface area contributed by atoms with Crippen LogP contribution in [0.1, 0.15) is 22.3 Å². The third kappa shape index (κ3) is 5.17. The molecule has 2 fully saturated rings. The highest BCUT2D eigenvalue weighted by Gasteiger charge is 2.27. The van der Waals surface area contributed by atoms with Crippen molar-refractivity contribution in [3.8, 4) is 5.75 Å². The van der Waals surface area contributed by atoms with E-state index in [4.69, 9.17) is 21.7 Å². The van der Waals surface area contributed by atoms with Crippen LogP contribution in [-0.2, 0) is 27.4 Å². The Bertz CT molecular complexity index is 1190. The Kier molecular flexibility index (Phi) is 6.69. The first-order chi connectivity index (χ1) is 16.4. The maximum atomic E-state index is 12.9. The third-order valence-electron chi connectivity index (χ3n) is 5.91. The molecule has 7 nitrogen and oxygen atoms in total. The Balaban J connectivity index is 1.40. The molecular weight excluding hydrogens is 470 g/mol. The van der Waals surface area contributed by atoms with Gasteiger partial charge in [0, 0.05) is 19.6 Å². The van der Waals surface area contributed by atoms with Gasteiger partial charge in [-0.05, 0) is 41.8 Å². The molecule has 0 radical (unpaired) electrons. The largest absolute Gasteiger partial charge is 0.482 e. The van der Waals surface area contributed by atoms with Gasteiger partial charge in [-0.2, -0.15) is 0 Å². The molecule has 1 N–H and O–H groups in total. The molecule has 9 heteroatoms. The van der Waals surface area contributed by atoms with Crippen LogP contribution in [0, 0.1) is 6.92 Å². The highest BCUT2D eigenvalue weighted by Crippen LogP contribution is 2.36. The van der Waals surface area contributed by atoms with Crippen molar-refractivity contribution in [2.75, 3.05) is 37.8 Å². The lowest BCUT2D eigenvalue weighted by Gasteiger charge is -2.30. The molecule has 0 aliphatic carbocycles. The summed E-state index contributed by atoms with van der Waals surface area (Å²) in [5, 5.41) is 2.63. The molecule has 0 atom stereocenters. The summed E-state index contributed by atoms with van der Waals surface area (Å²) < 4.78 is 11.6. The number of nitrogens with one attached hydrogen (secondary N) is 1. The minimum atomic E-state index is -0.204. The van der Waals surface area contributed by atoms with Crippen molar-refractivity contribution in [3.63, 3.8) is 0 Å². The number of anilines is 1. The zero-order valence-corrected chi connectivity index (χ0v) is 20.5. The van der Waals surface area contributed by atoms with E-state index >= 15 is 0 Å². The van der Waals surface area contributed by atoms with Gasteiger partial charge < -0.3 is 19.7 Å². The van der Waals surface area contributed by atoms with Gasteiger partial charge in [0.15, 0.2) is 6.61 Å². The van der Waals surface area contributed by atoms with Gasteiger partial charge in [-0.1, -0.05) is 53.8 Å². The van der Waals surface area contributed by atoms with E-state index in [1.165, 1.54) is 22.9 Å². The molecule has 3 aliphatic heterocycles. The quantitative estimate of drug-likeness (QED) is 0.504. The Morgan fingerprint density at radius 1 is 1.09 bits per heavy atom. The number of morpholine rings is 1. The van der Waals surface area contributed by atoms with Crippen molar-refractivity contribution in [2.45, 2.75) is 20.0 Å². The first-order valence-corrected chi connectivity index (χ1v) is 12.4. The van der Waals surface area contributed by atoms with Gasteiger partial charge in [0.2, 0.25) is 0 Å². The number of amides is 2.